The predicted octanol–water partition coefficient (Wildman–Crippen LogP) is 5.38. The summed E-state index contributed by atoms with van der Waals surface area (Å²) in [6, 6.07) is 2.25. The smallest absolute Gasteiger partial charge is 0.131 e. The number of halogens is 3. The molecule has 5 heteroatoms. The van der Waals surface area contributed by atoms with Gasteiger partial charge >= 0.3 is 0 Å². The van der Waals surface area contributed by atoms with E-state index in [-0.39, 0.29) is 12.1 Å². The molecule has 0 bridgehead atoms. The average molecular weight is 330 g/mol. The minimum atomic E-state index is -0.557. The number of thiophene rings is 1. The van der Waals surface area contributed by atoms with Crippen molar-refractivity contribution in [1.82, 2.24) is 5.32 Å². The summed E-state index contributed by atoms with van der Waals surface area (Å²) < 4.78 is 27.7. The van der Waals surface area contributed by atoms with Gasteiger partial charge in [-0.1, -0.05) is 11.6 Å². The Morgan fingerprint density at radius 3 is 2.29 bits per heavy atom. The standard InChI is InChI=1S/C16H18ClF2NS/c1-8(2)20-15(16-14(17)10(4)7-21-16)11-5-9(3)12(18)6-13(11)19/h5-8,15,20H,1-4H3. The first-order valence-electron chi connectivity index (χ1n) is 6.76. The number of hydrogen-bond acceptors (Lipinski definition) is 2. The van der Waals surface area contributed by atoms with E-state index in [2.05, 4.69) is 5.32 Å². The Morgan fingerprint density at radius 2 is 1.76 bits per heavy atom. The zero-order chi connectivity index (χ0) is 15.7. The molecule has 0 aliphatic carbocycles. The molecule has 0 radical (unpaired) electrons. The molecule has 1 nitrogen and oxygen atoms in total. The van der Waals surface area contributed by atoms with Gasteiger partial charge in [0.05, 0.1) is 11.1 Å². The number of aryl methyl sites for hydroxylation is 2. The average Bonchev–Trinajstić information content (AvgIpc) is 2.72. The minimum absolute atomic E-state index is 0.137. The van der Waals surface area contributed by atoms with E-state index < -0.39 is 11.6 Å². The third-order valence-electron chi connectivity index (χ3n) is 3.28. The quantitative estimate of drug-likeness (QED) is 0.793. The van der Waals surface area contributed by atoms with Crippen LogP contribution in [0, 0.1) is 25.5 Å². The van der Waals surface area contributed by atoms with Crippen molar-refractivity contribution < 1.29 is 8.78 Å². The Bertz CT molecular complexity index is 652. The Kier molecular flexibility index (Phi) is 5.02. The number of nitrogens with one attached hydrogen (secondary N) is 1. The van der Waals surface area contributed by atoms with Gasteiger partial charge in [0.15, 0.2) is 0 Å². The van der Waals surface area contributed by atoms with Gasteiger partial charge in [0.25, 0.3) is 0 Å². The normalized spacial score (nSPS) is 13.0. The van der Waals surface area contributed by atoms with Gasteiger partial charge in [0.1, 0.15) is 11.6 Å². The van der Waals surface area contributed by atoms with Gasteiger partial charge in [-0.15, -0.1) is 11.3 Å². The molecule has 0 spiro atoms. The van der Waals surface area contributed by atoms with Gasteiger partial charge < -0.3 is 5.32 Å². The monoisotopic (exact) mass is 329 g/mol. The SMILES string of the molecule is Cc1cc(C(NC(C)C)c2scc(C)c2Cl)c(F)cc1F. The van der Waals surface area contributed by atoms with Crippen LogP contribution in [0.15, 0.2) is 17.5 Å². The van der Waals surface area contributed by atoms with Crippen molar-refractivity contribution in [2.45, 2.75) is 39.8 Å². The fourth-order valence-corrected chi connectivity index (χ4v) is 3.56. The fourth-order valence-electron chi connectivity index (χ4n) is 2.19. The fraction of sp³-hybridized carbons (Fsp3) is 0.375. The van der Waals surface area contributed by atoms with E-state index >= 15 is 0 Å². The minimum Gasteiger partial charge on any atom is -0.303 e. The van der Waals surface area contributed by atoms with Crippen LogP contribution in [0.3, 0.4) is 0 Å². The molecule has 0 saturated carbocycles. The van der Waals surface area contributed by atoms with Crippen LogP contribution in [-0.2, 0) is 0 Å². The van der Waals surface area contributed by atoms with E-state index in [1.807, 2.05) is 26.2 Å². The lowest BCUT2D eigenvalue weighted by Gasteiger charge is -2.22. The number of rotatable bonds is 4. The molecule has 1 atom stereocenters. The first-order chi connectivity index (χ1) is 9.81. The molecule has 0 aliphatic heterocycles. The van der Waals surface area contributed by atoms with Gasteiger partial charge in [0.2, 0.25) is 0 Å². The maximum absolute atomic E-state index is 14.2. The molecular weight excluding hydrogens is 312 g/mol. The lowest BCUT2D eigenvalue weighted by atomic mass is 10.0. The van der Waals surface area contributed by atoms with Crippen LogP contribution in [0.25, 0.3) is 0 Å². The van der Waals surface area contributed by atoms with Crippen molar-refractivity contribution in [3.63, 3.8) is 0 Å². The second kappa shape index (κ2) is 6.42. The second-order valence-corrected chi connectivity index (χ2v) is 6.76. The molecule has 1 aromatic carbocycles. The highest BCUT2D eigenvalue weighted by Gasteiger charge is 2.24. The number of benzene rings is 1. The Balaban J connectivity index is 2.56. The predicted molar refractivity (Wildman–Crippen MR) is 85.3 cm³/mol. The zero-order valence-electron chi connectivity index (χ0n) is 12.4. The summed E-state index contributed by atoms with van der Waals surface area (Å²) in [7, 11) is 0. The number of hydrogen-bond donors (Lipinski definition) is 1. The molecule has 1 heterocycles. The summed E-state index contributed by atoms with van der Waals surface area (Å²) >= 11 is 7.82. The molecule has 0 fully saturated rings. The summed E-state index contributed by atoms with van der Waals surface area (Å²) in [5, 5.41) is 5.90. The van der Waals surface area contributed by atoms with E-state index in [0.29, 0.717) is 16.1 Å². The molecule has 1 unspecified atom stereocenters. The lowest BCUT2D eigenvalue weighted by Crippen LogP contribution is -2.29. The molecule has 1 N–H and O–H groups in total. The van der Waals surface area contributed by atoms with E-state index in [1.165, 1.54) is 11.3 Å². The van der Waals surface area contributed by atoms with Crippen molar-refractivity contribution in [2.75, 3.05) is 0 Å². The summed E-state index contributed by atoms with van der Waals surface area (Å²) in [5.41, 5.74) is 1.81. The Hall–Kier alpha value is -0.970. The molecule has 0 aliphatic rings. The topological polar surface area (TPSA) is 12.0 Å². The van der Waals surface area contributed by atoms with Crippen LogP contribution < -0.4 is 5.32 Å². The molecule has 2 rings (SSSR count). The van der Waals surface area contributed by atoms with Crippen molar-refractivity contribution in [1.29, 1.82) is 0 Å². The van der Waals surface area contributed by atoms with Crippen LogP contribution >= 0.6 is 22.9 Å². The molecule has 0 saturated heterocycles. The second-order valence-electron chi connectivity index (χ2n) is 5.47. The molecule has 114 valence electrons. The largest absolute Gasteiger partial charge is 0.303 e. The third kappa shape index (κ3) is 3.44. The molecular formula is C16H18ClF2NS. The highest BCUT2D eigenvalue weighted by Crippen LogP contribution is 2.37. The van der Waals surface area contributed by atoms with Gasteiger partial charge in [-0.2, -0.15) is 0 Å². The van der Waals surface area contributed by atoms with Gasteiger partial charge in [-0.25, -0.2) is 8.78 Å². The van der Waals surface area contributed by atoms with E-state index in [0.717, 1.165) is 16.5 Å². The lowest BCUT2D eigenvalue weighted by molar-refractivity contribution is 0.500. The van der Waals surface area contributed by atoms with Crippen molar-refractivity contribution in [3.8, 4) is 0 Å². The highest BCUT2D eigenvalue weighted by molar-refractivity contribution is 7.10. The first kappa shape index (κ1) is 16.4. The molecule has 0 amide bonds. The van der Waals surface area contributed by atoms with E-state index in [4.69, 9.17) is 11.6 Å². The molecule has 2 aromatic rings. The van der Waals surface area contributed by atoms with Crippen LogP contribution in [0.5, 0.6) is 0 Å². The zero-order valence-corrected chi connectivity index (χ0v) is 14.0. The maximum Gasteiger partial charge on any atom is 0.131 e. The van der Waals surface area contributed by atoms with Gasteiger partial charge in [-0.05, 0) is 50.3 Å². The van der Waals surface area contributed by atoms with E-state index in [1.54, 1.807) is 13.0 Å². The van der Waals surface area contributed by atoms with Gasteiger partial charge in [-0.3, -0.25) is 0 Å². The Morgan fingerprint density at radius 1 is 1.10 bits per heavy atom. The van der Waals surface area contributed by atoms with Crippen LogP contribution in [-0.4, -0.2) is 6.04 Å². The summed E-state index contributed by atoms with van der Waals surface area (Å²) in [6.07, 6.45) is 0. The van der Waals surface area contributed by atoms with Crippen molar-refractivity contribution >= 4 is 22.9 Å². The summed E-state index contributed by atoms with van der Waals surface area (Å²) in [5.74, 6) is -1.09. The molecule has 21 heavy (non-hydrogen) atoms. The van der Waals surface area contributed by atoms with Crippen molar-refractivity contribution in [2.24, 2.45) is 0 Å². The highest BCUT2D eigenvalue weighted by atomic mass is 35.5. The van der Waals surface area contributed by atoms with Crippen LogP contribution in [0.4, 0.5) is 8.78 Å². The molecule has 1 aromatic heterocycles. The summed E-state index contributed by atoms with van der Waals surface area (Å²) in [4.78, 5) is 0.854. The van der Waals surface area contributed by atoms with Crippen LogP contribution in [0.2, 0.25) is 5.02 Å². The maximum atomic E-state index is 14.2. The van der Waals surface area contributed by atoms with E-state index in [9.17, 15) is 8.78 Å². The van der Waals surface area contributed by atoms with Gasteiger partial charge in [0, 0.05) is 22.5 Å². The van der Waals surface area contributed by atoms with Crippen molar-refractivity contribution in [3.05, 3.63) is 55.7 Å². The first-order valence-corrected chi connectivity index (χ1v) is 8.02. The summed E-state index contributed by atoms with van der Waals surface area (Å²) in [6.45, 7) is 7.51. The third-order valence-corrected chi connectivity index (χ3v) is 5.06. The van der Waals surface area contributed by atoms with Crippen LogP contribution in [0.1, 0.15) is 41.5 Å². The Labute approximate surface area is 133 Å².